The van der Waals surface area contributed by atoms with E-state index in [-0.39, 0.29) is 168 Å². The number of aliphatic hydroxyl groups is 1. The van der Waals surface area contributed by atoms with Crippen molar-refractivity contribution in [1.29, 1.82) is 0 Å². The maximum Gasteiger partial charge on any atom is 0.415 e. The second kappa shape index (κ2) is 37.4. The first kappa shape index (κ1) is 76.8. The van der Waals surface area contributed by atoms with Gasteiger partial charge in [0, 0.05) is 107 Å². The molecule has 4 heterocycles. The quantitative estimate of drug-likeness (QED) is 0.0125. The summed E-state index contributed by atoms with van der Waals surface area (Å²) >= 11 is 7.93. The lowest BCUT2D eigenvalue weighted by Gasteiger charge is -2.26. The second-order valence-corrected chi connectivity index (χ2v) is 25.2. The van der Waals surface area contributed by atoms with Gasteiger partial charge in [0.05, 0.1) is 62.2 Å². The first-order chi connectivity index (χ1) is 47.4. The molecule has 6 aromatic rings. The molecule has 0 saturated carbocycles. The predicted molar refractivity (Wildman–Crippen MR) is 371 cm³/mol. The second-order valence-electron chi connectivity index (χ2n) is 23.9. The van der Waals surface area contributed by atoms with Crippen molar-refractivity contribution >= 4 is 111 Å². The van der Waals surface area contributed by atoms with Gasteiger partial charge < -0.3 is 80.0 Å². The van der Waals surface area contributed by atoms with Crippen LogP contribution in [0, 0.1) is 25.7 Å². The SMILES string of the molecule is CNC(=O)[C@H](CCCNC(N)=O)CC(=O)[C@@H](NC(=O)OCCOCCN1C(=O)CC(SC)C1=O)C(C)C.Cc1ccc(COC(=O)N(C)CCN(CCOCCO)C(=O)Oc2cc3c(c4c(C)cccc24)[C@H](CCl)CN3C(=O)c2cn3cc(NC(=O)c4ccc(O)cc4)ccc3n2)cc1. The average molecular weight is 1410 g/mol. The molecule has 8 rings (SSSR count). The number of primary amides is 1. The molecule has 0 aliphatic carbocycles. The Bertz CT molecular complexity index is 3840. The number of nitrogens with zero attached hydrogens (tertiary/aromatic N) is 6. The number of urea groups is 1. The Morgan fingerprint density at radius 1 is 0.869 bits per heavy atom. The van der Waals surface area contributed by atoms with Gasteiger partial charge in [-0.3, -0.25) is 33.7 Å². The molecule has 2 aromatic heterocycles. The number of ether oxygens (including phenoxy) is 5. The Balaban J connectivity index is 0.000000320. The smallest absolute Gasteiger partial charge is 0.415 e. The molecule has 10 amide bonds. The van der Waals surface area contributed by atoms with Crippen LogP contribution in [0.1, 0.15) is 88.5 Å². The normalized spacial score (nSPS) is 14.6. The number of imidazole rings is 1. The molecule has 2 aliphatic heterocycles. The number of hydrogen-bond acceptors (Lipinski definition) is 19. The van der Waals surface area contributed by atoms with E-state index in [4.69, 9.17) is 41.0 Å². The zero-order chi connectivity index (χ0) is 71.9. The fraction of sp³-hybridized carbons (Fsp3) is 0.435. The summed E-state index contributed by atoms with van der Waals surface area (Å²) in [5.41, 5.74) is 10.7. The van der Waals surface area contributed by atoms with Gasteiger partial charge in [0.25, 0.3) is 11.8 Å². The zero-order valence-corrected chi connectivity index (χ0v) is 58.0. The number of nitrogens with two attached hydrogens (primary N) is 1. The van der Waals surface area contributed by atoms with Crippen molar-refractivity contribution in [2.24, 2.45) is 17.6 Å². The number of halogens is 1. The number of carbonyl (C=O) groups excluding carboxylic acids is 10. The third-order valence-corrected chi connectivity index (χ3v) is 17.7. The molecule has 4 atom stereocenters. The first-order valence-corrected chi connectivity index (χ1v) is 34.0. The van der Waals surface area contributed by atoms with Crippen LogP contribution in [0.25, 0.3) is 16.4 Å². The summed E-state index contributed by atoms with van der Waals surface area (Å²) in [6.45, 7) is 8.59. The van der Waals surface area contributed by atoms with Crippen molar-refractivity contribution in [3.05, 3.63) is 131 Å². The molecule has 0 radical (unpaired) electrons. The van der Waals surface area contributed by atoms with E-state index in [2.05, 4.69) is 26.3 Å². The monoisotopic (exact) mass is 1410 g/mol. The average Bonchev–Trinajstić information content (AvgIpc) is 1.62. The topological polar surface area (TPSA) is 362 Å². The number of thioether (sulfide) groups is 1. The first-order valence-electron chi connectivity index (χ1n) is 32.2. The van der Waals surface area contributed by atoms with Crippen LogP contribution < -0.4 is 36.6 Å². The minimum Gasteiger partial charge on any atom is -0.508 e. The highest BCUT2D eigenvalue weighted by Crippen LogP contribution is 2.47. The fourth-order valence-corrected chi connectivity index (χ4v) is 12.0. The van der Waals surface area contributed by atoms with Crippen LogP contribution in [-0.4, -0.2) is 210 Å². The molecular formula is C69H86ClN11O17S. The molecule has 8 N–H and O–H groups in total. The van der Waals surface area contributed by atoms with Crippen LogP contribution in [0.3, 0.4) is 0 Å². The number of pyridine rings is 1. The fourth-order valence-electron chi connectivity index (χ4n) is 11.1. The maximum absolute atomic E-state index is 14.4. The number of phenols is 1. The van der Waals surface area contributed by atoms with Gasteiger partial charge in [-0.15, -0.1) is 11.6 Å². The van der Waals surface area contributed by atoms with Gasteiger partial charge in [0.15, 0.2) is 5.78 Å². The van der Waals surface area contributed by atoms with E-state index in [1.807, 2.05) is 56.3 Å². The summed E-state index contributed by atoms with van der Waals surface area (Å²) in [4.78, 5) is 137. The van der Waals surface area contributed by atoms with Crippen LogP contribution in [0.4, 0.5) is 30.6 Å². The third-order valence-electron chi connectivity index (χ3n) is 16.4. The number of likely N-dealkylation sites (N-methyl/N-ethyl adjacent to an activating group) is 1. The number of benzene rings is 4. The van der Waals surface area contributed by atoms with Crippen LogP contribution >= 0.6 is 23.4 Å². The number of aliphatic hydroxyl groups excluding tert-OH is 1. The van der Waals surface area contributed by atoms with Crippen molar-refractivity contribution in [2.45, 2.75) is 77.2 Å². The van der Waals surface area contributed by atoms with Gasteiger partial charge in [0.2, 0.25) is 17.7 Å². The number of aromatic hydroxyl groups is 1. The molecule has 28 nitrogen and oxygen atoms in total. The molecule has 532 valence electrons. The Morgan fingerprint density at radius 3 is 2.28 bits per heavy atom. The Hall–Kier alpha value is -9.55. The Labute approximate surface area is 582 Å². The summed E-state index contributed by atoms with van der Waals surface area (Å²) in [5, 5.41) is 30.3. The van der Waals surface area contributed by atoms with Crippen molar-refractivity contribution < 1.29 is 81.8 Å². The van der Waals surface area contributed by atoms with Crippen LogP contribution in [0.15, 0.2) is 97.3 Å². The number of alkyl halides is 1. The largest absolute Gasteiger partial charge is 0.508 e. The van der Waals surface area contributed by atoms with E-state index in [1.54, 1.807) is 67.0 Å². The van der Waals surface area contributed by atoms with Gasteiger partial charge in [-0.05, 0) is 97.3 Å². The van der Waals surface area contributed by atoms with E-state index in [0.29, 0.717) is 40.8 Å². The maximum atomic E-state index is 14.4. The van der Waals surface area contributed by atoms with E-state index in [9.17, 15) is 58.2 Å². The van der Waals surface area contributed by atoms with Crippen molar-refractivity contribution in [2.75, 3.05) is 115 Å². The highest BCUT2D eigenvalue weighted by atomic mass is 35.5. The number of hydrogen-bond donors (Lipinski definition) is 7. The number of ketones is 1. The Morgan fingerprint density at radius 2 is 1.61 bits per heavy atom. The van der Waals surface area contributed by atoms with E-state index in [1.165, 1.54) is 57.8 Å². The van der Waals surface area contributed by atoms with Crippen LogP contribution in [0.5, 0.6) is 11.5 Å². The number of alkyl carbamates (subject to hydrolysis) is 1. The Kier molecular flexibility index (Phi) is 29.0. The van der Waals surface area contributed by atoms with E-state index >= 15 is 0 Å². The number of rotatable bonds is 32. The van der Waals surface area contributed by atoms with Crippen LogP contribution in [-0.2, 0) is 44.7 Å². The number of fused-ring (bicyclic) bond motifs is 4. The van der Waals surface area contributed by atoms with Crippen molar-refractivity contribution in [3.8, 4) is 11.5 Å². The number of likely N-dealkylation sites (tertiary alicyclic amines) is 1. The van der Waals surface area contributed by atoms with Gasteiger partial charge in [-0.25, -0.2) is 24.2 Å². The standard InChI is InChI=1S/C46H47ClN6O9.C23H39N5O8S/c1-29-7-9-31(10-8-29)28-61-45(58)50(3)17-18-51(19-21-60-22-20-54)46(59)62-39-23-38-42(41-30(2)5-4-6-36(39)41)33(24-47)25-53(38)44(57)37-27-52-26-34(13-16-40(52)49-37)48-43(56)32-11-14-35(55)15-12-32;1-14(2)19(16(29)12-15(20(31)25-3)6-5-7-26-22(24)33)27-23(34)36-11-10-35-9-8-28-18(30)13-17(37-4)21(28)32/h4-16,23,26-27,33,54-55H,17-22,24-25,28H2,1-3H3,(H,48,56);14-15,17,19H,5-13H2,1-4H3,(H,25,31)(H,27,34)(H3,24,26,33)/t33-;15-,17?,19+/m11/s1. The number of aromatic nitrogens is 2. The lowest BCUT2D eigenvalue weighted by atomic mass is 9.89. The molecule has 99 heavy (non-hydrogen) atoms. The lowest BCUT2D eigenvalue weighted by molar-refractivity contribution is -0.139. The minimum absolute atomic E-state index is 0.0476. The van der Waals surface area contributed by atoms with Crippen LogP contribution in [0.2, 0.25) is 0 Å². The number of amides is 10. The summed E-state index contributed by atoms with van der Waals surface area (Å²) in [7, 11) is 3.05. The summed E-state index contributed by atoms with van der Waals surface area (Å²) in [6, 6.07) is 22.7. The van der Waals surface area contributed by atoms with Crippen molar-refractivity contribution in [1.82, 2.24) is 40.0 Å². The summed E-state index contributed by atoms with van der Waals surface area (Å²) in [5.74, 6) is -2.49. The lowest BCUT2D eigenvalue weighted by Crippen LogP contribution is -2.46. The third kappa shape index (κ3) is 21.5. The van der Waals surface area contributed by atoms with Crippen molar-refractivity contribution in [3.63, 3.8) is 0 Å². The van der Waals surface area contributed by atoms with Gasteiger partial charge in [0.1, 0.15) is 36.1 Å². The van der Waals surface area contributed by atoms with E-state index < -0.39 is 42.2 Å². The zero-order valence-electron chi connectivity index (χ0n) is 56.4. The molecule has 0 spiro atoms. The number of nitrogens with one attached hydrogen (secondary N) is 4. The predicted octanol–water partition coefficient (Wildman–Crippen LogP) is 7.14. The number of imide groups is 1. The van der Waals surface area contributed by atoms with Gasteiger partial charge >= 0.3 is 24.3 Å². The minimum atomic E-state index is -0.860. The number of carbonyl (C=O) groups is 10. The molecule has 1 saturated heterocycles. The van der Waals surface area contributed by atoms with Gasteiger partial charge in [-0.2, -0.15) is 11.8 Å². The van der Waals surface area contributed by atoms with Gasteiger partial charge in [-0.1, -0.05) is 61.9 Å². The number of Topliss-reactive ketones (excluding diaryl/α,β-unsaturated/α-hetero) is 1. The molecule has 1 fully saturated rings. The summed E-state index contributed by atoms with van der Waals surface area (Å²) < 4.78 is 29.3. The van der Waals surface area contributed by atoms with E-state index in [0.717, 1.165) is 27.6 Å². The molecule has 2 aliphatic rings. The highest BCUT2D eigenvalue weighted by molar-refractivity contribution is 8.00. The molecule has 30 heteroatoms. The molecule has 0 bridgehead atoms. The molecule has 1 unspecified atom stereocenters. The molecular weight excluding hydrogens is 1320 g/mol. The number of anilines is 2. The number of aryl methyl sites for hydroxylation is 2. The number of phenolic OH excluding ortho intramolecular Hbond substituents is 1. The summed E-state index contributed by atoms with van der Waals surface area (Å²) in [6.07, 6.45) is 3.85. The molecule has 4 aromatic carbocycles. The highest BCUT2D eigenvalue weighted by Gasteiger charge is 2.39.